The molecule has 26 heavy (non-hydrogen) atoms. The van der Waals surface area contributed by atoms with Gasteiger partial charge in [0.1, 0.15) is 5.60 Å². The molecule has 12 unspecified atom stereocenters. The van der Waals surface area contributed by atoms with E-state index >= 15 is 0 Å². The van der Waals surface area contributed by atoms with E-state index in [1.165, 1.54) is 6.42 Å². The van der Waals surface area contributed by atoms with Gasteiger partial charge in [0.2, 0.25) is 0 Å². The Balaban J connectivity index is 1.47. The van der Waals surface area contributed by atoms with Crippen LogP contribution in [0, 0.1) is 70.0 Å². The summed E-state index contributed by atoms with van der Waals surface area (Å²) in [5, 5.41) is 10.0. The standard InChI is InChI=1S/C22H30O4/c1-8-11-6-9-13(8)16(9)22(11,19(25)26-20(2,3)4)17-12-7-10-14(17)15(10)21(12,5)18(23)24/h8-17H,6-7H2,1-5H3,(H,23,24). The molecule has 0 saturated heterocycles. The number of rotatable bonds is 3. The number of hydrogen-bond donors (Lipinski definition) is 1. The molecule has 0 radical (unpaired) electrons. The lowest BCUT2D eigenvalue weighted by Gasteiger charge is -2.43. The lowest BCUT2D eigenvalue weighted by Crippen LogP contribution is -2.49. The summed E-state index contributed by atoms with van der Waals surface area (Å²) in [6, 6.07) is 0. The first-order chi connectivity index (χ1) is 12.1. The number of fused-ring (bicyclic) bond motifs is 1. The average Bonchev–Trinajstić information content (AvgIpc) is 2.99. The molecule has 1 N–H and O–H groups in total. The van der Waals surface area contributed by atoms with Gasteiger partial charge in [-0.25, -0.2) is 0 Å². The minimum atomic E-state index is -0.634. The van der Waals surface area contributed by atoms with Gasteiger partial charge < -0.3 is 9.84 Å². The highest BCUT2D eigenvalue weighted by Crippen LogP contribution is 2.91. The monoisotopic (exact) mass is 358 g/mol. The largest absolute Gasteiger partial charge is 0.481 e. The molecule has 4 heteroatoms. The van der Waals surface area contributed by atoms with Crippen molar-refractivity contribution in [2.24, 2.45) is 70.0 Å². The molecule has 0 aromatic carbocycles. The lowest BCUT2D eigenvalue weighted by atomic mass is 9.61. The summed E-state index contributed by atoms with van der Waals surface area (Å²) in [5.74, 6) is 4.01. The lowest BCUT2D eigenvalue weighted by molar-refractivity contribution is -0.179. The first-order valence-electron chi connectivity index (χ1n) is 10.5. The smallest absolute Gasteiger partial charge is 0.313 e. The fourth-order valence-corrected chi connectivity index (χ4v) is 9.57. The minimum absolute atomic E-state index is 0.0188. The van der Waals surface area contributed by atoms with Gasteiger partial charge >= 0.3 is 11.9 Å². The highest BCUT2D eigenvalue weighted by Gasteiger charge is 2.91. The van der Waals surface area contributed by atoms with Gasteiger partial charge in [0.05, 0.1) is 10.8 Å². The Labute approximate surface area is 155 Å². The fraction of sp³-hybridized carbons (Fsp3) is 0.909. The van der Waals surface area contributed by atoms with Crippen molar-refractivity contribution in [1.29, 1.82) is 0 Å². The van der Waals surface area contributed by atoms with Gasteiger partial charge in [0.25, 0.3) is 0 Å². The van der Waals surface area contributed by atoms with Crippen LogP contribution in [0.4, 0.5) is 0 Å². The summed E-state index contributed by atoms with van der Waals surface area (Å²) >= 11 is 0. The van der Waals surface area contributed by atoms with Crippen molar-refractivity contribution >= 4 is 11.9 Å². The molecule has 4 nitrogen and oxygen atoms in total. The van der Waals surface area contributed by atoms with Crippen LogP contribution in [0.3, 0.4) is 0 Å². The number of esters is 1. The third-order valence-electron chi connectivity index (χ3n) is 9.99. The van der Waals surface area contributed by atoms with Crippen LogP contribution in [-0.4, -0.2) is 22.6 Å². The highest BCUT2D eigenvalue weighted by molar-refractivity contribution is 5.84. The number of carbonyl (C=O) groups is 2. The molecule has 8 fully saturated rings. The quantitative estimate of drug-likeness (QED) is 0.785. The average molecular weight is 358 g/mol. The van der Waals surface area contributed by atoms with Crippen LogP contribution in [0.2, 0.25) is 0 Å². The molecule has 142 valence electrons. The molecule has 0 amide bonds. The molecule has 0 aliphatic heterocycles. The molecule has 0 aromatic heterocycles. The van der Waals surface area contributed by atoms with Gasteiger partial charge in [-0.15, -0.1) is 0 Å². The maximum Gasteiger partial charge on any atom is 0.313 e. The zero-order valence-corrected chi connectivity index (χ0v) is 16.4. The zero-order chi connectivity index (χ0) is 18.5. The molecule has 8 rings (SSSR count). The number of carboxylic acids is 1. The fourth-order valence-electron chi connectivity index (χ4n) is 9.57. The summed E-state index contributed by atoms with van der Waals surface area (Å²) < 4.78 is 6.06. The van der Waals surface area contributed by atoms with Gasteiger partial charge in [-0.2, -0.15) is 0 Å². The van der Waals surface area contributed by atoms with Gasteiger partial charge in [-0.1, -0.05) is 6.92 Å². The second kappa shape index (κ2) is 4.03. The SMILES string of the molecule is CC1C2C3CC1C(C(=O)OC(C)(C)C)(C1C4C5CC1C(C)(C(=O)O)C54)C32. The van der Waals surface area contributed by atoms with Crippen molar-refractivity contribution in [3.63, 3.8) is 0 Å². The zero-order valence-electron chi connectivity index (χ0n) is 16.4. The Hall–Kier alpha value is -1.06. The van der Waals surface area contributed by atoms with Crippen LogP contribution in [-0.2, 0) is 14.3 Å². The Morgan fingerprint density at radius 2 is 1.62 bits per heavy atom. The first-order valence-corrected chi connectivity index (χ1v) is 10.5. The molecule has 0 heterocycles. The minimum Gasteiger partial charge on any atom is -0.481 e. The molecule has 8 bridgehead atoms. The summed E-state index contributed by atoms with van der Waals surface area (Å²) in [6.07, 6.45) is 2.20. The van der Waals surface area contributed by atoms with Crippen molar-refractivity contribution < 1.29 is 19.4 Å². The summed E-state index contributed by atoms with van der Waals surface area (Å²) in [4.78, 5) is 25.9. The third-order valence-corrected chi connectivity index (χ3v) is 9.99. The number of carbonyl (C=O) groups excluding carboxylic acids is 1. The highest BCUT2D eigenvalue weighted by atomic mass is 16.6. The molecule has 8 aliphatic carbocycles. The van der Waals surface area contributed by atoms with Crippen LogP contribution < -0.4 is 0 Å². The van der Waals surface area contributed by atoms with Crippen LogP contribution >= 0.6 is 0 Å². The van der Waals surface area contributed by atoms with E-state index in [0.717, 1.165) is 6.42 Å². The van der Waals surface area contributed by atoms with E-state index in [1.807, 2.05) is 27.7 Å². The maximum absolute atomic E-state index is 13.7. The second-order valence-corrected chi connectivity index (χ2v) is 11.6. The second-order valence-electron chi connectivity index (χ2n) is 11.6. The van der Waals surface area contributed by atoms with Gasteiger partial charge in [-0.05, 0) is 99.7 Å². The van der Waals surface area contributed by atoms with E-state index in [4.69, 9.17) is 4.74 Å². The number of hydrogen-bond acceptors (Lipinski definition) is 3. The van der Waals surface area contributed by atoms with Crippen molar-refractivity contribution in [2.75, 3.05) is 0 Å². The molecule has 0 aromatic rings. The van der Waals surface area contributed by atoms with E-state index in [-0.39, 0.29) is 23.2 Å². The van der Waals surface area contributed by atoms with Crippen molar-refractivity contribution in [3.8, 4) is 0 Å². The van der Waals surface area contributed by atoms with Crippen molar-refractivity contribution in [2.45, 2.75) is 53.1 Å². The number of ether oxygens (including phenoxy) is 1. The van der Waals surface area contributed by atoms with E-state index < -0.39 is 17.0 Å². The number of carboxylic acid groups (broad SMARTS) is 1. The Bertz CT molecular complexity index is 752. The summed E-state index contributed by atoms with van der Waals surface area (Å²) in [7, 11) is 0. The molecular weight excluding hydrogens is 328 g/mol. The van der Waals surface area contributed by atoms with Crippen LogP contribution in [0.1, 0.15) is 47.5 Å². The van der Waals surface area contributed by atoms with Crippen LogP contribution in [0.15, 0.2) is 0 Å². The molecule has 8 aliphatic rings. The molecule has 12 atom stereocenters. The van der Waals surface area contributed by atoms with Gasteiger partial charge in [0, 0.05) is 0 Å². The van der Waals surface area contributed by atoms with Crippen molar-refractivity contribution in [1.82, 2.24) is 0 Å². The third kappa shape index (κ3) is 1.37. The Kier molecular flexibility index (Phi) is 2.47. The van der Waals surface area contributed by atoms with E-state index in [9.17, 15) is 14.7 Å². The predicted molar refractivity (Wildman–Crippen MR) is 93.8 cm³/mol. The topological polar surface area (TPSA) is 63.6 Å². The summed E-state index contributed by atoms with van der Waals surface area (Å²) in [5.41, 5.74) is -1.48. The van der Waals surface area contributed by atoms with E-state index in [1.54, 1.807) is 0 Å². The summed E-state index contributed by atoms with van der Waals surface area (Å²) in [6.45, 7) is 10.2. The van der Waals surface area contributed by atoms with E-state index in [0.29, 0.717) is 47.3 Å². The Morgan fingerprint density at radius 1 is 1.00 bits per heavy atom. The molecule has 8 saturated carbocycles. The van der Waals surface area contributed by atoms with Crippen LogP contribution in [0.25, 0.3) is 0 Å². The maximum atomic E-state index is 13.7. The van der Waals surface area contributed by atoms with Crippen molar-refractivity contribution in [3.05, 3.63) is 0 Å². The molecular formula is C22H30O4. The normalized spacial score (nSPS) is 62.5. The van der Waals surface area contributed by atoms with Gasteiger partial charge in [-0.3, -0.25) is 9.59 Å². The van der Waals surface area contributed by atoms with Gasteiger partial charge in [0.15, 0.2) is 0 Å². The first kappa shape index (κ1) is 15.9. The van der Waals surface area contributed by atoms with E-state index in [2.05, 4.69) is 6.92 Å². The predicted octanol–water partition coefficient (Wildman–Crippen LogP) is 3.45. The number of aliphatic carboxylic acids is 1. The van der Waals surface area contributed by atoms with Crippen LogP contribution in [0.5, 0.6) is 0 Å². The molecule has 0 spiro atoms. The Morgan fingerprint density at radius 3 is 2.00 bits per heavy atom.